The number of phenols is 1. The number of allylic oxidation sites excluding steroid dienone is 2. The molecule has 0 saturated heterocycles. The van der Waals surface area contributed by atoms with Crippen molar-refractivity contribution in [1.82, 2.24) is 10.3 Å². The molecule has 192 valence electrons. The number of phenolic OH excluding ortho intramolecular Hbond substituents is 1. The van der Waals surface area contributed by atoms with E-state index in [1.165, 1.54) is 11.1 Å². The van der Waals surface area contributed by atoms with Gasteiger partial charge in [-0.05, 0) is 82.7 Å². The van der Waals surface area contributed by atoms with Crippen molar-refractivity contribution >= 4 is 33.2 Å². The first-order valence-corrected chi connectivity index (χ1v) is 13.3. The maximum Gasteiger partial charge on any atom is 0.251 e. The highest BCUT2D eigenvalue weighted by atomic mass is 79.9. The van der Waals surface area contributed by atoms with Crippen molar-refractivity contribution in [2.45, 2.75) is 25.8 Å². The maximum atomic E-state index is 12.5. The van der Waals surface area contributed by atoms with E-state index in [9.17, 15) is 9.90 Å². The average molecular weight is 577 g/mol. The van der Waals surface area contributed by atoms with Gasteiger partial charge >= 0.3 is 0 Å². The Morgan fingerprint density at radius 2 is 1.79 bits per heavy atom. The number of halogens is 1. The van der Waals surface area contributed by atoms with E-state index in [4.69, 9.17) is 10.3 Å². The Morgan fingerprint density at radius 3 is 2.59 bits per heavy atom. The second kappa shape index (κ2) is 11.9. The molecule has 7 heteroatoms. The quantitative estimate of drug-likeness (QED) is 0.259. The molecule has 39 heavy (non-hydrogen) atoms. The summed E-state index contributed by atoms with van der Waals surface area (Å²) in [7, 11) is 0. The van der Waals surface area contributed by atoms with Gasteiger partial charge in [-0.2, -0.15) is 5.26 Å². The average Bonchev–Trinajstić information content (AvgIpc) is 3.16. The lowest BCUT2D eigenvalue weighted by molar-refractivity contribution is 0.0951. The number of nitriles is 1. The highest BCUT2D eigenvalue weighted by Crippen LogP contribution is 2.35. The summed E-state index contributed by atoms with van der Waals surface area (Å²) in [6, 6.07) is 24.2. The Morgan fingerprint density at radius 1 is 1.00 bits per heavy atom. The minimum atomic E-state index is -0.209. The summed E-state index contributed by atoms with van der Waals surface area (Å²) in [5, 5.41) is 22.4. The zero-order chi connectivity index (χ0) is 27.2. The highest BCUT2D eigenvalue weighted by molar-refractivity contribution is 9.10. The first-order valence-electron chi connectivity index (χ1n) is 12.6. The van der Waals surface area contributed by atoms with Crippen LogP contribution in [0.3, 0.4) is 0 Å². The van der Waals surface area contributed by atoms with Crippen molar-refractivity contribution in [3.63, 3.8) is 0 Å². The van der Waals surface area contributed by atoms with Crippen molar-refractivity contribution in [3.05, 3.63) is 135 Å². The number of rotatable bonds is 7. The van der Waals surface area contributed by atoms with Gasteiger partial charge in [-0.25, -0.2) is 4.99 Å². The van der Waals surface area contributed by atoms with Gasteiger partial charge in [-0.1, -0.05) is 48.0 Å². The van der Waals surface area contributed by atoms with Gasteiger partial charge in [0.25, 0.3) is 5.91 Å². The molecular weight excluding hydrogens is 552 g/mol. The molecule has 1 aliphatic rings. The Kier molecular flexibility index (Phi) is 7.95. The van der Waals surface area contributed by atoms with E-state index < -0.39 is 0 Å². The van der Waals surface area contributed by atoms with E-state index in [0.29, 0.717) is 23.2 Å². The summed E-state index contributed by atoms with van der Waals surface area (Å²) >= 11 is 3.58. The minimum Gasteiger partial charge on any atom is -0.507 e. The van der Waals surface area contributed by atoms with Crippen LogP contribution >= 0.6 is 15.9 Å². The normalized spacial score (nSPS) is 12.4. The van der Waals surface area contributed by atoms with Gasteiger partial charge in [0.1, 0.15) is 5.75 Å². The minimum absolute atomic E-state index is 0.195. The van der Waals surface area contributed by atoms with Crippen LogP contribution in [-0.4, -0.2) is 21.7 Å². The molecule has 1 aromatic heterocycles. The molecule has 4 aromatic rings. The van der Waals surface area contributed by atoms with Gasteiger partial charge in [-0.3, -0.25) is 9.78 Å². The Balaban J connectivity index is 1.27. The summed E-state index contributed by atoms with van der Waals surface area (Å²) in [5.74, 6) is -0.0132. The lowest BCUT2D eigenvalue weighted by Crippen LogP contribution is -2.22. The molecule has 2 N–H and O–H groups in total. The van der Waals surface area contributed by atoms with Crippen molar-refractivity contribution in [1.29, 1.82) is 5.26 Å². The molecule has 0 aliphatic carbocycles. The van der Waals surface area contributed by atoms with Crippen LogP contribution in [0.15, 0.2) is 106 Å². The molecule has 0 fully saturated rings. The van der Waals surface area contributed by atoms with Crippen molar-refractivity contribution in [2.24, 2.45) is 4.99 Å². The first-order chi connectivity index (χ1) is 19.0. The standard InChI is InChI=1S/C32H25BrN4O2/c33-28-20-35-19-26-14-23(16-29(37-31(26)28)27-6-1-2-7-30(27)38)13-10-21-8-11-22(12-9-21)18-36-32(39)25-5-3-4-24(15-25)17-34/h1-9,11-12,15-16,19-20,38H,10,13-14,18H2,(H,36,39). The largest absolute Gasteiger partial charge is 0.507 e. The smallest absolute Gasteiger partial charge is 0.251 e. The van der Waals surface area contributed by atoms with E-state index in [1.807, 2.05) is 30.5 Å². The van der Waals surface area contributed by atoms with Gasteiger partial charge in [0.15, 0.2) is 0 Å². The second-order valence-corrected chi connectivity index (χ2v) is 10.2. The first kappa shape index (κ1) is 26.1. The number of carbonyl (C=O) groups is 1. The fourth-order valence-corrected chi connectivity index (χ4v) is 4.96. The van der Waals surface area contributed by atoms with E-state index in [2.05, 4.69) is 50.5 Å². The molecule has 0 spiro atoms. The number of carbonyl (C=O) groups excluding carboxylic acids is 1. The molecule has 6 nitrogen and oxygen atoms in total. The SMILES string of the molecule is N#Cc1cccc(C(=O)NCc2ccc(CCC3=CC(c4ccccc4O)=Nc4c(Br)cncc4C3)cc2)c1. The number of pyridine rings is 1. The third-order valence-corrected chi connectivity index (χ3v) is 7.16. The van der Waals surface area contributed by atoms with E-state index in [0.717, 1.165) is 46.3 Å². The summed E-state index contributed by atoms with van der Waals surface area (Å²) in [6.07, 6.45) is 8.05. The fourth-order valence-electron chi connectivity index (χ4n) is 4.50. The van der Waals surface area contributed by atoms with Gasteiger partial charge in [0.05, 0.1) is 27.5 Å². The topological polar surface area (TPSA) is 98.4 Å². The van der Waals surface area contributed by atoms with Crippen LogP contribution in [0, 0.1) is 11.3 Å². The predicted octanol–water partition coefficient (Wildman–Crippen LogP) is 6.59. The lowest BCUT2D eigenvalue weighted by atomic mass is 9.96. The Bertz CT molecular complexity index is 1630. The molecule has 0 unspecified atom stereocenters. The number of aromatic nitrogens is 1. The molecule has 1 aliphatic heterocycles. The number of para-hydroxylation sites is 1. The summed E-state index contributed by atoms with van der Waals surface area (Å²) in [5.41, 5.74) is 7.60. The second-order valence-electron chi connectivity index (χ2n) is 9.31. The third kappa shape index (κ3) is 6.31. The summed E-state index contributed by atoms with van der Waals surface area (Å²) in [4.78, 5) is 21.7. The van der Waals surface area contributed by atoms with Crippen molar-refractivity contribution in [3.8, 4) is 11.8 Å². The van der Waals surface area contributed by atoms with Crippen LogP contribution in [0.1, 0.15) is 44.6 Å². The maximum absolute atomic E-state index is 12.5. The van der Waals surface area contributed by atoms with Gasteiger partial charge in [0.2, 0.25) is 0 Å². The number of fused-ring (bicyclic) bond motifs is 1. The zero-order valence-electron chi connectivity index (χ0n) is 21.1. The molecule has 0 atom stereocenters. The van der Waals surface area contributed by atoms with Crippen LogP contribution in [0.5, 0.6) is 5.75 Å². The van der Waals surface area contributed by atoms with Crippen LogP contribution in [0.4, 0.5) is 5.69 Å². The molecule has 0 bridgehead atoms. The van der Waals surface area contributed by atoms with Crippen LogP contribution in [0.2, 0.25) is 0 Å². The zero-order valence-corrected chi connectivity index (χ0v) is 22.6. The number of nitrogens with zero attached hydrogens (tertiary/aromatic N) is 3. The molecular formula is C32H25BrN4O2. The molecule has 5 rings (SSSR count). The number of amides is 1. The monoisotopic (exact) mass is 576 g/mol. The lowest BCUT2D eigenvalue weighted by Gasteiger charge is -2.10. The third-order valence-electron chi connectivity index (χ3n) is 6.58. The molecule has 2 heterocycles. The summed E-state index contributed by atoms with van der Waals surface area (Å²) < 4.78 is 0.822. The number of hydrogen-bond donors (Lipinski definition) is 2. The van der Waals surface area contributed by atoms with Crippen LogP contribution < -0.4 is 5.32 Å². The number of benzene rings is 3. The van der Waals surface area contributed by atoms with Crippen molar-refractivity contribution < 1.29 is 9.90 Å². The number of aromatic hydroxyl groups is 1. The molecule has 1 amide bonds. The van der Waals surface area contributed by atoms with Crippen LogP contribution in [0.25, 0.3) is 0 Å². The Labute approximate surface area is 235 Å². The van der Waals surface area contributed by atoms with E-state index >= 15 is 0 Å². The van der Waals surface area contributed by atoms with Gasteiger partial charge < -0.3 is 10.4 Å². The number of nitrogens with one attached hydrogen (secondary N) is 1. The molecule has 0 radical (unpaired) electrons. The van der Waals surface area contributed by atoms with E-state index in [-0.39, 0.29) is 11.7 Å². The van der Waals surface area contributed by atoms with Crippen molar-refractivity contribution in [2.75, 3.05) is 0 Å². The fraction of sp³-hybridized carbons (Fsp3) is 0.125. The summed E-state index contributed by atoms with van der Waals surface area (Å²) in [6.45, 7) is 0.403. The van der Waals surface area contributed by atoms with E-state index in [1.54, 1.807) is 42.6 Å². The molecule has 3 aromatic carbocycles. The Hall–Kier alpha value is -4.54. The predicted molar refractivity (Wildman–Crippen MR) is 155 cm³/mol. The van der Waals surface area contributed by atoms with Gasteiger partial charge in [-0.15, -0.1) is 0 Å². The number of hydrogen-bond acceptors (Lipinski definition) is 5. The number of aliphatic imine (C=N–C) groups is 1. The van der Waals surface area contributed by atoms with Crippen LogP contribution in [-0.2, 0) is 19.4 Å². The highest BCUT2D eigenvalue weighted by Gasteiger charge is 2.17. The molecule has 0 saturated carbocycles. The van der Waals surface area contributed by atoms with Gasteiger partial charge in [0, 0.05) is 35.6 Å². The number of aryl methyl sites for hydroxylation is 1.